The van der Waals surface area contributed by atoms with Crippen molar-refractivity contribution < 1.29 is 0 Å². The highest BCUT2D eigenvalue weighted by Gasteiger charge is 2.13. The summed E-state index contributed by atoms with van der Waals surface area (Å²) in [6.07, 6.45) is 0. The number of anilines is 3. The van der Waals surface area contributed by atoms with Gasteiger partial charge in [0.15, 0.2) is 0 Å². The maximum Gasteiger partial charge on any atom is 0.0428 e. The van der Waals surface area contributed by atoms with Gasteiger partial charge in [0, 0.05) is 24.1 Å². The van der Waals surface area contributed by atoms with Gasteiger partial charge >= 0.3 is 0 Å². The molecule has 100 valence electrons. The van der Waals surface area contributed by atoms with Crippen molar-refractivity contribution in [1.29, 1.82) is 0 Å². The standard InChI is InChI=1S/C17H22N2/c1-17(2,3)13-8-10-15(11-9-13)19(4)16-7-5-6-14(18)12-16/h5-12H,18H2,1-4H3. The van der Waals surface area contributed by atoms with Gasteiger partial charge in [0.05, 0.1) is 0 Å². The highest BCUT2D eigenvalue weighted by molar-refractivity contribution is 5.66. The molecular weight excluding hydrogens is 232 g/mol. The van der Waals surface area contributed by atoms with Crippen molar-refractivity contribution in [3.8, 4) is 0 Å². The summed E-state index contributed by atoms with van der Waals surface area (Å²) in [5.41, 5.74) is 10.4. The molecule has 2 N–H and O–H groups in total. The van der Waals surface area contributed by atoms with Crippen LogP contribution in [-0.4, -0.2) is 7.05 Å². The third kappa shape index (κ3) is 3.08. The maximum atomic E-state index is 5.83. The zero-order valence-corrected chi connectivity index (χ0v) is 12.1. The highest BCUT2D eigenvalue weighted by Crippen LogP contribution is 2.28. The SMILES string of the molecule is CN(c1ccc(C(C)(C)C)cc1)c1cccc(N)c1. The Bertz CT molecular complexity index is 550. The summed E-state index contributed by atoms with van der Waals surface area (Å²) in [5, 5.41) is 0. The fraction of sp³-hybridized carbons (Fsp3) is 0.294. The second kappa shape index (κ2) is 4.96. The molecule has 0 fully saturated rings. The second-order valence-corrected chi connectivity index (χ2v) is 5.95. The molecule has 0 aromatic heterocycles. The van der Waals surface area contributed by atoms with Crippen molar-refractivity contribution in [1.82, 2.24) is 0 Å². The Kier molecular flexibility index (Phi) is 3.52. The molecule has 19 heavy (non-hydrogen) atoms. The van der Waals surface area contributed by atoms with Crippen LogP contribution in [0.15, 0.2) is 48.5 Å². The second-order valence-electron chi connectivity index (χ2n) is 5.95. The van der Waals surface area contributed by atoms with Crippen LogP contribution in [-0.2, 0) is 5.41 Å². The Morgan fingerprint density at radius 3 is 2.05 bits per heavy atom. The fourth-order valence-corrected chi connectivity index (χ4v) is 2.07. The van der Waals surface area contributed by atoms with Crippen LogP contribution in [0.25, 0.3) is 0 Å². The molecule has 0 spiro atoms. The van der Waals surface area contributed by atoms with Gasteiger partial charge in [-0.05, 0) is 41.3 Å². The zero-order valence-electron chi connectivity index (χ0n) is 12.1. The topological polar surface area (TPSA) is 29.3 Å². The van der Waals surface area contributed by atoms with Crippen LogP contribution < -0.4 is 10.6 Å². The van der Waals surface area contributed by atoms with Crippen LogP contribution in [0.4, 0.5) is 17.1 Å². The molecule has 2 aromatic rings. The van der Waals surface area contributed by atoms with Gasteiger partial charge in [-0.3, -0.25) is 0 Å². The van der Waals surface area contributed by atoms with Crippen molar-refractivity contribution in [3.05, 3.63) is 54.1 Å². The number of nitrogens with zero attached hydrogens (tertiary/aromatic N) is 1. The quantitative estimate of drug-likeness (QED) is 0.808. The van der Waals surface area contributed by atoms with E-state index >= 15 is 0 Å². The predicted molar refractivity (Wildman–Crippen MR) is 84.1 cm³/mol. The number of nitrogens with two attached hydrogens (primary N) is 1. The average molecular weight is 254 g/mol. The molecular formula is C17H22N2. The van der Waals surface area contributed by atoms with Gasteiger partial charge in [-0.15, -0.1) is 0 Å². The Morgan fingerprint density at radius 1 is 0.895 bits per heavy atom. The molecule has 0 amide bonds. The van der Waals surface area contributed by atoms with Crippen LogP contribution in [0.1, 0.15) is 26.3 Å². The Hall–Kier alpha value is -1.96. The zero-order chi connectivity index (χ0) is 14.0. The fourth-order valence-electron chi connectivity index (χ4n) is 2.07. The van der Waals surface area contributed by atoms with Gasteiger partial charge in [-0.25, -0.2) is 0 Å². The van der Waals surface area contributed by atoms with E-state index in [9.17, 15) is 0 Å². The van der Waals surface area contributed by atoms with Crippen LogP contribution >= 0.6 is 0 Å². The maximum absolute atomic E-state index is 5.83. The normalized spacial score (nSPS) is 11.4. The highest BCUT2D eigenvalue weighted by atomic mass is 15.1. The molecule has 2 heteroatoms. The molecule has 0 atom stereocenters. The molecule has 0 unspecified atom stereocenters. The minimum Gasteiger partial charge on any atom is -0.399 e. The summed E-state index contributed by atoms with van der Waals surface area (Å²) in [7, 11) is 2.06. The predicted octanol–water partition coefficient (Wildman–Crippen LogP) is 4.33. The molecule has 0 aliphatic rings. The van der Waals surface area contributed by atoms with Crippen LogP contribution in [0, 0.1) is 0 Å². The molecule has 0 radical (unpaired) electrons. The molecule has 0 bridgehead atoms. The van der Waals surface area contributed by atoms with Crippen molar-refractivity contribution in [3.63, 3.8) is 0 Å². The minimum atomic E-state index is 0.189. The summed E-state index contributed by atoms with van der Waals surface area (Å²) >= 11 is 0. The first-order chi connectivity index (χ1) is 8.88. The smallest absolute Gasteiger partial charge is 0.0428 e. The summed E-state index contributed by atoms with van der Waals surface area (Å²) in [6.45, 7) is 6.68. The van der Waals surface area contributed by atoms with Gasteiger partial charge in [-0.2, -0.15) is 0 Å². The van der Waals surface area contributed by atoms with Crippen molar-refractivity contribution in [2.45, 2.75) is 26.2 Å². The van der Waals surface area contributed by atoms with E-state index in [-0.39, 0.29) is 5.41 Å². The Labute approximate surface area is 115 Å². The third-order valence-corrected chi connectivity index (χ3v) is 3.38. The van der Waals surface area contributed by atoms with E-state index < -0.39 is 0 Å². The number of rotatable bonds is 2. The largest absolute Gasteiger partial charge is 0.399 e. The van der Waals surface area contributed by atoms with Crippen LogP contribution in [0.2, 0.25) is 0 Å². The van der Waals surface area contributed by atoms with E-state index in [1.54, 1.807) is 0 Å². The van der Waals surface area contributed by atoms with Gasteiger partial charge < -0.3 is 10.6 Å². The first kappa shape index (κ1) is 13.5. The number of hydrogen-bond donors (Lipinski definition) is 1. The Morgan fingerprint density at radius 2 is 1.53 bits per heavy atom. The summed E-state index contributed by atoms with van der Waals surface area (Å²) in [6, 6.07) is 16.6. The van der Waals surface area contributed by atoms with E-state index in [0.29, 0.717) is 0 Å². The van der Waals surface area contributed by atoms with E-state index in [1.165, 1.54) is 11.3 Å². The van der Waals surface area contributed by atoms with Gasteiger partial charge in [0.2, 0.25) is 0 Å². The van der Waals surface area contributed by atoms with E-state index in [2.05, 4.69) is 63.1 Å². The van der Waals surface area contributed by atoms with Crippen molar-refractivity contribution in [2.75, 3.05) is 17.7 Å². The van der Waals surface area contributed by atoms with E-state index in [1.807, 2.05) is 18.2 Å². The molecule has 2 aromatic carbocycles. The average Bonchev–Trinajstić information content (AvgIpc) is 2.37. The summed E-state index contributed by atoms with van der Waals surface area (Å²) in [4.78, 5) is 2.14. The van der Waals surface area contributed by atoms with E-state index in [0.717, 1.165) is 11.4 Å². The molecule has 0 aliphatic heterocycles. The van der Waals surface area contributed by atoms with Crippen molar-refractivity contribution >= 4 is 17.1 Å². The van der Waals surface area contributed by atoms with Gasteiger partial charge in [-0.1, -0.05) is 39.0 Å². The van der Waals surface area contributed by atoms with Gasteiger partial charge in [0.25, 0.3) is 0 Å². The minimum absolute atomic E-state index is 0.189. The van der Waals surface area contributed by atoms with Gasteiger partial charge in [0.1, 0.15) is 0 Å². The Balaban J connectivity index is 2.27. The summed E-state index contributed by atoms with van der Waals surface area (Å²) < 4.78 is 0. The number of benzene rings is 2. The number of nitrogen functional groups attached to an aromatic ring is 1. The lowest BCUT2D eigenvalue weighted by Gasteiger charge is -2.23. The lowest BCUT2D eigenvalue weighted by Crippen LogP contribution is -2.13. The lowest BCUT2D eigenvalue weighted by molar-refractivity contribution is 0.590. The number of hydrogen-bond acceptors (Lipinski definition) is 2. The summed E-state index contributed by atoms with van der Waals surface area (Å²) in [5.74, 6) is 0. The molecule has 0 saturated carbocycles. The molecule has 0 heterocycles. The van der Waals surface area contributed by atoms with E-state index in [4.69, 9.17) is 5.73 Å². The molecule has 2 rings (SSSR count). The first-order valence-electron chi connectivity index (χ1n) is 6.58. The third-order valence-electron chi connectivity index (χ3n) is 3.38. The monoisotopic (exact) mass is 254 g/mol. The molecule has 0 aliphatic carbocycles. The first-order valence-corrected chi connectivity index (χ1v) is 6.58. The van der Waals surface area contributed by atoms with Crippen LogP contribution in [0.3, 0.4) is 0 Å². The lowest BCUT2D eigenvalue weighted by atomic mass is 9.87. The van der Waals surface area contributed by atoms with Crippen molar-refractivity contribution in [2.24, 2.45) is 0 Å². The molecule has 0 saturated heterocycles. The van der Waals surface area contributed by atoms with Crippen LogP contribution in [0.5, 0.6) is 0 Å². The molecule has 2 nitrogen and oxygen atoms in total.